The smallest absolute Gasteiger partial charge is 0.305 e. The van der Waals surface area contributed by atoms with Crippen LogP contribution in [0.5, 0.6) is 5.75 Å². The van der Waals surface area contributed by atoms with E-state index >= 15 is 0 Å². The first-order valence-corrected chi connectivity index (χ1v) is 7.66. The zero-order chi connectivity index (χ0) is 15.5. The van der Waals surface area contributed by atoms with Crippen molar-refractivity contribution in [1.82, 2.24) is 0 Å². The van der Waals surface area contributed by atoms with Crippen molar-refractivity contribution in [3.63, 3.8) is 0 Å². The van der Waals surface area contributed by atoms with Crippen LogP contribution in [0, 0.1) is 11.3 Å². The van der Waals surface area contributed by atoms with E-state index in [-0.39, 0.29) is 5.97 Å². The molecule has 0 N–H and O–H groups in total. The number of carbonyl (C=O) groups excluding carboxylic acids is 1. The van der Waals surface area contributed by atoms with Gasteiger partial charge >= 0.3 is 5.97 Å². The standard InChI is InChI=1S/C18H26O3/c1-18(2)9-8-14(11-17(19)21-4)16(12-18)13-6-5-7-15(10-13)20-3/h5-7,10,14,16H,8-9,11-12H2,1-4H3/t14-,16+/m1/s1. The van der Waals surface area contributed by atoms with Crippen molar-refractivity contribution < 1.29 is 14.3 Å². The van der Waals surface area contributed by atoms with Gasteiger partial charge in [0.15, 0.2) is 0 Å². The summed E-state index contributed by atoms with van der Waals surface area (Å²) in [7, 11) is 3.16. The first-order valence-electron chi connectivity index (χ1n) is 7.66. The highest BCUT2D eigenvalue weighted by atomic mass is 16.5. The second-order valence-electron chi connectivity index (χ2n) is 6.83. The molecule has 1 aromatic rings. The molecule has 1 saturated carbocycles. The van der Waals surface area contributed by atoms with Crippen molar-refractivity contribution in [3.05, 3.63) is 29.8 Å². The Balaban J connectivity index is 2.25. The number of ether oxygens (including phenoxy) is 2. The number of methoxy groups -OCH3 is 2. The summed E-state index contributed by atoms with van der Waals surface area (Å²) in [5.74, 6) is 1.53. The van der Waals surface area contributed by atoms with E-state index in [9.17, 15) is 4.79 Å². The van der Waals surface area contributed by atoms with E-state index in [2.05, 4.69) is 26.0 Å². The van der Waals surface area contributed by atoms with Crippen molar-refractivity contribution in [1.29, 1.82) is 0 Å². The summed E-state index contributed by atoms with van der Waals surface area (Å²) in [6.07, 6.45) is 3.84. The molecule has 21 heavy (non-hydrogen) atoms. The van der Waals surface area contributed by atoms with Crippen molar-refractivity contribution in [2.24, 2.45) is 11.3 Å². The second kappa shape index (κ2) is 6.50. The molecule has 0 heterocycles. The molecule has 1 aromatic carbocycles. The van der Waals surface area contributed by atoms with Gasteiger partial charge in [0.05, 0.1) is 14.2 Å². The van der Waals surface area contributed by atoms with Gasteiger partial charge in [0, 0.05) is 6.42 Å². The van der Waals surface area contributed by atoms with Gasteiger partial charge < -0.3 is 9.47 Å². The molecule has 116 valence electrons. The molecule has 0 saturated heterocycles. The lowest BCUT2D eigenvalue weighted by Gasteiger charge is -2.41. The fraction of sp³-hybridized carbons (Fsp3) is 0.611. The van der Waals surface area contributed by atoms with E-state index in [1.54, 1.807) is 7.11 Å². The lowest BCUT2D eigenvalue weighted by molar-refractivity contribution is -0.142. The minimum Gasteiger partial charge on any atom is -0.497 e. The van der Waals surface area contributed by atoms with Gasteiger partial charge in [-0.1, -0.05) is 26.0 Å². The predicted molar refractivity (Wildman–Crippen MR) is 83.5 cm³/mol. The SMILES string of the molecule is COC(=O)C[C@H]1CCC(C)(C)C[C@H]1c1cccc(OC)c1. The van der Waals surface area contributed by atoms with E-state index in [0.29, 0.717) is 23.7 Å². The number of benzene rings is 1. The van der Waals surface area contributed by atoms with Gasteiger partial charge in [-0.2, -0.15) is 0 Å². The Labute approximate surface area is 127 Å². The maximum Gasteiger partial charge on any atom is 0.305 e. The molecule has 1 fully saturated rings. The first kappa shape index (κ1) is 15.9. The number of esters is 1. The van der Waals surface area contributed by atoms with Gasteiger partial charge in [-0.25, -0.2) is 0 Å². The molecule has 3 nitrogen and oxygen atoms in total. The largest absolute Gasteiger partial charge is 0.497 e. The quantitative estimate of drug-likeness (QED) is 0.781. The van der Waals surface area contributed by atoms with Gasteiger partial charge in [-0.15, -0.1) is 0 Å². The zero-order valence-corrected chi connectivity index (χ0v) is 13.5. The summed E-state index contributed by atoms with van der Waals surface area (Å²) in [6, 6.07) is 8.26. The molecule has 3 heteroatoms. The number of hydrogen-bond donors (Lipinski definition) is 0. The molecule has 1 aliphatic rings. The minimum absolute atomic E-state index is 0.104. The Morgan fingerprint density at radius 2 is 2.10 bits per heavy atom. The lowest BCUT2D eigenvalue weighted by atomic mass is 9.64. The van der Waals surface area contributed by atoms with E-state index in [0.717, 1.165) is 25.0 Å². The van der Waals surface area contributed by atoms with Crippen LogP contribution in [0.2, 0.25) is 0 Å². The van der Waals surface area contributed by atoms with Crippen molar-refractivity contribution >= 4 is 5.97 Å². The third-order valence-corrected chi connectivity index (χ3v) is 4.71. The van der Waals surface area contributed by atoms with E-state index in [1.165, 1.54) is 12.7 Å². The summed E-state index contributed by atoms with van der Waals surface area (Å²) in [6.45, 7) is 4.63. The van der Waals surface area contributed by atoms with E-state index in [4.69, 9.17) is 9.47 Å². The van der Waals surface area contributed by atoms with Crippen LogP contribution in [0.15, 0.2) is 24.3 Å². The molecule has 1 aliphatic carbocycles. The summed E-state index contributed by atoms with van der Waals surface area (Å²) in [5.41, 5.74) is 1.59. The summed E-state index contributed by atoms with van der Waals surface area (Å²) in [5, 5.41) is 0. The number of rotatable bonds is 4. The second-order valence-corrected chi connectivity index (χ2v) is 6.83. The highest BCUT2D eigenvalue weighted by molar-refractivity contribution is 5.69. The molecule has 2 rings (SSSR count). The van der Waals surface area contributed by atoms with Gasteiger partial charge in [0.1, 0.15) is 5.75 Å². The third-order valence-electron chi connectivity index (χ3n) is 4.71. The van der Waals surface area contributed by atoms with Crippen molar-refractivity contribution in [2.75, 3.05) is 14.2 Å². The molecule has 0 unspecified atom stereocenters. The topological polar surface area (TPSA) is 35.5 Å². The predicted octanol–water partition coefficient (Wildman–Crippen LogP) is 4.17. The Hall–Kier alpha value is -1.51. The maximum absolute atomic E-state index is 11.7. The molecule has 0 bridgehead atoms. The summed E-state index contributed by atoms with van der Waals surface area (Å²) < 4.78 is 10.2. The third kappa shape index (κ3) is 3.99. The molecular formula is C18H26O3. The number of hydrogen-bond acceptors (Lipinski definition) is 3. The van der Waals surface area contributed by atoms with Crippen LogP contribution < -0.4 is 4.74 Å². The molecule has 0 radical (unpaired) electrons. The monoisotopic (exact) mass is 290 g/mol. The van der Waals surface area contributed by atoms with Crippen molar-refractivity contribution in [2.45, 2.75) is 45.4 Å². The van der Waals surface area contributed by atoms with Crippen LogP contribution in [0.1, 0.15) is 51.0 Å². The first-order chi connectivity index (χ1) is 9.95. The number of carbonyl (C=O) groups is 1. The van der Waals surface area contributed by atoms with E-state index in [1.807, 2.05) is 12.1 Å². The fourth-order valence-corrected chi connectivity index (χ4v) is 3.45. The van der Waals surface area contributed by atoms with Gasteiger partial charge in [-0.3, -0.25) is 4.79 Å². The van der Waals surface area contributed by atoms with E-state index < -0.39 is 0 Å². The Morgan fingerprint density at radius 1 is 1.33 bits per heavy atom. The van der Waals surface area contributed by atoms with Crippen LogP contribution in [0.25, 0.3) is 0 Å². The Kier molecular flexibility index (Phi) is 4.92. The lowest BCUT2D eigenvalue weighted by Crippen LogP contribution is -2.30. The molecule has 0 aliphatic heterocycles. The average molecular weight is 290 g/mol. The van der Waals surface area contributed by atoms with Gasteiger partial charge in [0.25, 0.3) is 0 Å². The molecule has 0 spiro atoms. The van der Waals surface area contributed by atoms with Crippen LogP contribution in [0.4, 0.5) is 0 Å². The van der Waals surface area contributed by atoms with Crippen molar-refractivity contribution in [3.8, 4) is 5.75 Å². The van der Waals surface area contributed by atoms with Crippen LogP contribution >= 0.6 is 0 Å². The highest BCUT2D eigenvalue weighted by Crippen LogP contribution is 2.48. The van der Waals surface area contributed by atoms with Crippen LogP contribution in [-0.2, 0) is 9.53 Å². The minimum atomic E-state index is -0.104. The Bertz CT molecular complexity index is 493. The Morgan fingerprint density at radius 3 is 2.76 bits per heavy atom. The van der Waals surface area contributed by atoms with Gasteiger partial charge in [-0.05, 0) is 54.2 Å². The molecule has 0 aromatic heterocycles. The normalized spacial score (nSPS) is 24.4. The summed E-state index contributed by atoms with van der Waals surface area (Å²) in [4.78, 5) is 11.7. The average Bonchev–Trinajstić information content (AvgIpc) is 2.48. The van der Waals surface area contributed by atoms with Crippen LogP contribution in [-0.4, -0.2) is 20.2 Å². The maximum atomic E-state index is 11.7. The molecule has 2 atom stereocenters. The highest BCUT2D eigenvalue weighted by Gasteiger charge is 2.36. The summed E-state index contributed by atoms with van der Waals surface area (Å²) >= 11 is 0. The fourth-order valence-electron chi connectivity index (χ4n) is 3.45. The van der Waals surface area contributed by atoms with Crippen LogP contribution in [0.3, 0.4) is 0 Å². The van der Waals surface area contributed by atoms with Gasteiger partial charge in [0.2, 0.25) is 0 Å². The zero-order valence-electron chi connectivity index (χ0n) is 13.5. The molecule has 0 amide bonds. The molecular weight excluding hydrogens is 264 g/mol.